The van der Waals surface area contributed by atoms with E-state index in [-0.39, 0.29) is 32.2 Å². The molecule has 16 nitrogen and oxygen atoms in total. The number of hydrogen-bond acceptors (Lipinski definition) is 15. The van der Waals surface area contributed by atoms with Crippen LogP contribution in [0.4, 0.5) is 0 Å². The van der Waals surface area contributed by atoms with Crippen molar-refractivity contribution in [2.45, 2.75) is 111 Å². The number of aliphatic hydroxyl groups excluding tert-OH is 3. The Morgan fingerprint density at radius 2 is 1.77 bits per heavy atom. The quantitative estimate of drug-likeness (QED) is 0.117. The molecule has 0 unspecified atom stereocenters. The first-order valence-corrected chi connectivity index (χ1v) is 13.3. The van der Waals surface area contributed by atoms with Crippen molar-refractivity contribution in [1.82, 2.24) is 10.6 Å². The first-order chi connectivity index (χ1) is 18.3. The summed E-state index contributed by atoms with van der Waals surface area (Å²) in [5, 5.41) is 48.6. The van der Waals surface area contributed by atoms with Gasteiger partial charge in [0.2, 0.25) is 0 Å². The third-order valence-electron chi connectivity index (χ3n) is 7.78. The zero-order chi connectivity index (χ0) is 29.1. The van der Waals surface area contributed by atoms with Gasteiger partial charge < -0.3 is 78.7 Å². The number of amides is 1. The van der Waals surface area contributed by atoms with Gasteiger partial charge in [0.25, 0.3) is 5.91 Å². The second-order valence-electron chi connectivity index (χ2n) is 10.9. The maximum Gasteiger partial charge on any atom is 0.250 e. The van der Waals surface area contributed by atoms with E-state index in [0.29, 0.717) is 12.8 Å². The van der Waals surface area contributed by atoms with Gasteiger partial charge in [-0.1, -0.05) is 0 Å². The van der Waals surface area contributed by atoms with Crippen LogP contribution in [0.15, 0.2) is 0 Å². The van der Waals surface area contributed by atoms with Crippen LogP contribution in [0.25, 0.3) is 0 Å². The molecule has 1 amide bonds. The van der Waals surface area contributed by atoms with Crippen LogP contribution in [0.2, 0.25) is 0 Å². The van der Waals surface area contributed by atoms with Gasteiger partial charge in [-0.15, -0.1) is 0 Å². The van der Waals surface area contributed by atoms with Crippen molar-refractivity contribution in [3.63, 3.8) is 0 Å². The summed E-state index contributed by atoms with van der Waals surface area (Å²) in [6.07, 6.45) is -7.88. The number of nitrogens with one attached hydrogen (secondary N) is 2. The molecule has 39 heavy (non-hydrogen) atoms. The van der Waals surface area contributed by atoms with E-state index in [1.807, 2.05) is 0 Å². The van der Waals surface area contributed by atoms with E-state index in [1.165, 1.54) is 6.92 Å². The fourth-order valence-electron chi connectivity index (χ4n) is 5.38. The highest BCUT2D eigenvalue weighted by atomic mass is 16.7. The fraction of sp³-hybridized carbons (Fsp3) is 0.957. The highest BCUT2D eigenvalue weighted by molar-refractivity contribution is 5.81. The van der Waals surface area contributed by atoms with Crippen LogP contribution in [0.3, 0.4) is 0 Å². The van der Waals surface area contributed by atoms with Crippen molar-refractivity contribution in [3.8, 4) is 0 Å². The minimum Gasteiger partial charge on any atom is -0.388 e. The van der Waals surface area contributed by atoms with Crippen LogP contribution < -0.4 is 39.3 Å². The maximum absolute atomic E-state index is 12.7. The normalized spacial score (nSPS) is 44.9. The van der Waals surface area contributed by atoms with E-state index in [4.69, 9.17) is 47.6 Å². The summed E-state index contributed by atoms with van der Waals surface area (Å²) in [4.78, 5) is 12.7. The maximum atomic E-state index is 12.7. The number of carbonyl (C=O) groups is 1. The Labute approximate surface area is 227 Å². The van der Waals surface area contributed by atoms with Gasteiger partial charge in [0.1, 0.15) is 36.1 Å². The zero-order valence-electron chi connectivity index (χ0n) is 22.5. The van der Waals surface area contributed by atoms with E-state index < -0.39 is 84.8 Å². The minimum atomic E-state index is -1.62. The molecule has 0 aromatic carbocycles. The molecule has 1 aliphatic carbocycles. The average Bonchev–Trinajstić information content (AvgIpc) is 2.89. The molecule has 0 radical (unpaired) electrons. The third-order valence-corrected chi connectivity index (χ3v) is 7.78. The highest BCUT2D eigenvalue weighted by Gasteiger charge is 2.52. The average molecular weight is 566 g/mol. The van der Waals surface area contributed by atoms with Crippen LogP contribution in [-0.4, -0.2) is 138 Å². The van der Waals surface area contributed by atoms with Gasteiger partial charge in [-0.3, -0.25) is 4.79 Å². The summed E-state index contributed by atoms with van der Waals surface area (Å²) in [6.45, 7) is 1.44. The van der Waals surface area contributed by atoms with Crippen LogP contribution in [-0.2, 0) is 23.7 Å². The zero-order valence-corrected chi connectivity index (χ0v) is 22.5. The van der Waals surface area contributed by atoms with Gasteiger partial charge in [0.15, 0.2) is 12.6 Å². The number of nitrogens with two attached hydrogens (primary N) is 5. The topological polar surface area (TPSA) is 289 Å². The SMILES string of the molecule is CN[C@@H]1[C@@H](O)[C@@H](O[C@@H]2[C@@H](O)[C@H](O[C@H]3O[C@H](CN)CC[C@H]3N)[C@@H](N)C[C@H]2NC(=O)[C@@H](O)[C@H](N)CN)OC[C@]1(C)O. The largest absolute Gasteiger partial charge is 0.388 e. The summed E-state index contributed by atoms with van der Waals surface area (Å²) < 4.78 is 23.6. The summed E-state index contributed by atoms with van der Waals surface area (Å²) in [5.74, 6) is -0.838. The molecule has 2 heterocycles. The van der Waals surface area contributed by atoms with Crippen molar-refractivity contribution < 1.29 is 44.2 Å². The van der Waals surface area contributed by atoms with E-state index >= 15 is 0 Å². The molecule has 0 aromatic heterocycles. The first-order valence-electron chi connectivity index (χ1n) is 13.3. The minimum absolute atomic E-state index is 0.0426. The van der Waals surface area contributed by atoms with Crippen molar-refractivity contribution in [1.29, 1.82) is 0 Å². The Morgan fingerprint density at radius 3 is 2.38 bits per heavy atom. The Hall–Kier alpha value is -1.09. The van der Waals surface area contributed by atoms with Crippen LogP contribution >= 0.6 is 0 Å². The molecule has 16 heteroatoms. The van der Waals surface area contributed by atoms with E-state index in [2.05, 4.69) is 10.6 Å². The molecule has 0 aromatic rings. The lowest BCUT2D eigenvalue weighted by molar-refractivity contribution is -0.307. The predicted octanol–water partition coefficient (Wildman–Crippen LogP) is -6.17. The van der Waals surface area contributed by atoms with Crippen LogP contribution in [0.1, 0.15) is 26.2 Å². The molecule has 2 aliphatic heterocycles. The molecule has 14 atom stereocenters. The second-order valence-corrected chi connectivity index (χ2v) is 10.9. The number of ether oxygens (including phenoxy) is 4. The number of carbonyl (C=O) groups excluding carboxylic acids is 1. The van der Waals surface area contributed by atoms with Crippen molar-refractivity contribution >= 4 is 5.91 Å². The van der Waals surface area contributed by atoms with Crippen LogP contribution in [0.5, 0.6) is 0 Å². The Balaban J connectivity index is 1.83. The summed E-state index contributed by atoms with van der Waals surface area (Å²) >= 11 is 0. The summed E-state index contributed by atoms with van der Waals surface area (Å²) in [5.41, 5.74) is 28.1. The van der Waals surface area contributed by atoms with Crippen molar-refractivity contribution in [2.75, 3.05) is 26.7 Å². The molecule has 2 saturated heterocycles. The molecule has 0 bridgehead atoms. The second kappa shape index (κ2) is 13.7. The van der Waals surface area contributed by atoms with E-state index in [1.54, 1.807) is 7.05 Å². The Bertz CT molecular complexity index is 799. The van der Waals surface area contributed by atoms with E-state index in [9.17, 15) is 25.2 Å². The van der Waals surface area contributed by atoms with Crippen LogP contribution in [0, 0.1) is 0 Å². The Kier molecular flexibility index (Phi) is 11.4. The van der Waals surface area contributed by atoms with Gasteiger partial charge >= 0.3 is 0 Å². The number of rotatable bonds is 10. The van der Waals surface area contributed by atoms with Crippen molar-refractivity contribution in [2.24, 2.45) is 28.7 Å². The van der Waals surface area contributed by atoms with Crippen molar-refractivity contribution in [3.05, 3.63) is 0 Å². The lowest BCUT2D eigenvalue weighted by Crippen LogP contribution is -2.70. The lowest BCUT2D eigenvalue weighted by atomic mass is 9.83. The van der Waals surface area contributed by atoms with Gasteiger partial charge in [0.05, 0.1) is 36.9 Å². The predicted molar refractivity (Wildman–Crippen MR) is 137 cm³/mol. The molecule has 16 N–H and O–H groups in total. The Morgan fingerprint density at radius 1 is 1.10 bits per heavy atom. The number of hydrogen-bond donors (Lipinski definition) is 11. The molecule has 3 aliphatic rings. The molecular formula is C23H47N7O9. The number of likely N-dealkylation sites (N-methyl/N-ethyl adjacent to an activating group) is 1. The standard InChI is InChI=1S/C23H47N7O9/c1-23(35)8-36-22(16(33)19(23)29-2)39-18-13(30-20(34)14(31)12(28)7-25)5-11(27)17(15(18)32)38-21-10(26)4-3-9(6-24)37-21/h9-19,21-22,29,31-33,35H,3-8,24-28H2,1-2H3,(H,30,34)/t9-,10+,11-,12+,13+,14-,15-,16+,17+,18-,19+,21+,22+,23-/m0/s1. The lowest BCUT2D eigenvalue weighted by Gasteiger charge is -2.49. The monoisotopic (exact) mass is 565 g/mol. The smallest absolute Gasteiger partial charge is 0.250 e. The molecule has 228 valence electrons. The van der Waals surface area contributed by atoms with Gasteiger partial charge in [-0.2, -0.15) is 0 Å². The molecule has 3 fully saturated rings. The highest BCUT2D eigenvalue weighted by Crippen LogP contribution is 2.32. The summed E-state index contributed by atoms with van der Waals surface area (Å²) in [6, 6.07) is -4.11. The van der Waals surface area contributed by atoms with Gasteiger partial charge in [-0.05, 0) is 33.2 Å². The molecule has 3 rings (SSSR count). The molecular weight excluding hydrogens is 518 g/mol. The molecule has 0 spiro atoms. The number of aliphatic hydroxyl groups is 4. The van der Waals surface area contributed by atoms with Gasteiger partial charge in [0, 0.05) is 19.1 Å². The fourth-order valence-corrected chi connectivity index (χ4v) is 5.38. The van der Waals surface area contributed by atoms with E-state index in [0.717, 1.165) is 0 Å². The van der Waals surface area contributed by atoms with Gasteiger partial charge in [-0.25, -0.2) is 0 Å². The molecule has 1 saturated carbocycles. The third kappa shape index (κ3) is 7.41. The first kappa shape index (κ1) is 32.4. The summed E-state index contributed by atoms with van der Waals surface area (Å²) in [7, 11) is 1.57.